The predicted molar refractivity (Wildman–Crippen MR) is 95.9 cm³/mol. The molecule has 0 unspecified atom stereocenters. The van der Waals surface area contributed by atoms with Crippen LogP contribution in [0, 0.1) is 13.8 Å². The lowest BCUT2D eigenvalue weighted by Crippen LogP contribution is -1.89. The minimum atomic E-state index is 0.819. The second-order valence-electron chi connectivity index (χ2n) is 5.82. The molecule has 23 heavy (non-hydrogen) atoms. The number of hydrogen-bond acceptors (Lipinski definition) is 3. The first-order valence-electron chi connectivity index (χ1n) is 7.66. The molecular formula is C19H17N3S. The Bertz CT molecular complexity index is 967. The molecule has 0 radical (unpaired) electrons. The Morgan fingerprint density at radius 1 is 1.00 bits per heavy atom. The van der Waals surface area contributed by atoms with E-state index in [4.69, 9.17) is 0 Å². The number of nitrogens with one attached hydrogen (secondary N) is 1. The third-order valence-corrected chi connectivity index (χ3v) is 5.06. The molecule has 0 fully saturated rings. The summed E-state index contributed by atoms with van der Waals surface area (Å²) in [6.07, 6.45) is 0.819. The Labute approximate surface area is 139 Å². The average molecular weight is 319 g/mol. The molecule has 0 aliphatic heterocycles. The summed E-state index contributed by atoms with van der Waals surface area (Å²) in [5.41, 5.74) is 6.13. The number of H-pyrrole nitrogens is 1. The number of rotatable bonds is 3. The summed E-state index contributed by atoms with van der Waals surface area (Å²) in [6.45, 7) is 4.26. The molecule has 1 N–H and O–H groups in total. The first kappa shape index (κ1) is 14.2. The SMILES string of the molecule is Cc1ccc2[nH]c(C)c(Cc3nnc(-c4ccccc4)s3)c2c1. The summed E-state index contributed by atoms with van der Waals surface area (Å²) >= 11 is 1.67. The van der Waals surface area contributed by atoms with Crippen LogP contribution in [0.4, 0.5) is 0 Å². The number of fused-ring (bicyclic) bond motifs is 1. The zero-order chi connectivity index (χ0) is 15.8. The van der Waals surface area contributed by atoms with Gasteiger partial charge in [-0.05, 0) is 31.5 Å². The smallest absolute Gasteiger partial charge is 0.147 e. The Morgan fingerprint density at radius 2 is 1.83 bits per heavy atom. The Kier molecular flexibility index (Phi) is 3.46. The van der Waals surface area contributed by atoms with Gasteiger partial charge in [0.1, 0.15) is 10.0 Å². The van der Waals surface area contributed by atoms with Crippen LogP contribution in [0.5, 0.6) is 0 Å². The summed E-state index contributed by atoms with van der Waals surface area (Å²) < 4.78 is 0. The van der Waals surface area contributed by atoms with Crippen LogP contribution in [-0.4, -0.2) is 15.2 Å². The van der Waals surface area contributed by atoms with Gasteiger partial charge in [0.25, 0.3) is 0 Å². The highest BCUT2D eigenvalue weighted by Gasteiger charge is 2.13. The van der Waals surface area contributed by atoms with Crippen molar-refractivity contribution in [1.29, 1.82) is 0 Å². The molecule has 114 valence electrons. The molecule has 0 spiro atoms. The zero-order valence-electron chi connectivity index (χ0n) is 13.1. The molecule has 3 nitrogen and oxygen atoms in total. The Morgan fingerprint density at radius 3 is 2.65 bits per heavy atom. The summed E-state index contributed by atoms with van der Waals surface area (Å²) in [5, 5.41) is 12.1. The van der Waals surface area contributed by atoms with Gasteiger partial charge in [-0.2, -0.15) is 0 Å². The summed E-state index contributed by atoms with van der Waals surface area (Å²) in [6, 6.07) is 16.8. The monoisotopic (exact) mass is 319 g/mol. The molecule has 4 aromatic rings. The van der Waals surface area contributed by atoms with Crippen molar-refractivity contribution in [3.05, 3.63) is 70.4 Å². The number of nitrogens with zero attached hydrogens (tertiary/aromatic N) is 2. The van der Waals surface area contributed by atoms with Crippen molar-refractivity contribution in [2.45, 2.75) is 20.3 Å². The third-order valence-electron chi connectivity index (χ3n) is 4.09. The van der Waals surface area contributed by atoms with Gasteiger partial charge in [0.2, 0.25) is 0 Å². The molecule has 2 aromatic carbocycles. The third kappa shape index (κ3) is 2.66. The van der Waals surface area contributed by atoms with Gasteiger partial charge in [0, 0.05) is 28.6 Å². The van der Waals surface area contributed by atoms with Crippen LogP contribution in [-0.2, 0) is 6.42 Å². The molecule has 0 bridgehead atoms. The van der Waals surface area contributed by atoms with Crippen LogP contribution in [0.15, 0.2) is 48.5 Å². The van der Waals surface area contributed by atoms with E-state index in [1.807, 2.05) is 18.2 Å². The molecule has 2 aromatic heterocycles. The maximum Gasteiger partial charge on any atom is 0.147 e. The van der Waals surface area contributed by atoms with E-state index in [2.05, 4.69) is 59.4 Å². The van der Waals surface area contributed by atoms with E-state index in [9.17, 15) is 0 Å². The molecule has 4 rings (SSSR count). The number of hydrogen-bond donors (Lipinski definition) is 1. The topological polar surface area (TPSA) is 41.6 Å². The maximum absolute atomic E-state index is 4.39. The van der Waals surface area contributed by atoms with E-state index in [1.165, 1.54) is 27.7 Å². The molecule has 2 heterocycles. The summed E-state index contributed by atoms with van der Waals surface area (Å²) in [7, 11) is 0. The highest BCUT2D eigenvalue weighted by Crippen LogP contribution is 2.29. The Hall–Kier alpha value is -2.46. The van der Waals surface area contributed by atoms with Crippen LogP contribution in [0.1, 0.15) is 21.8 Å². The lowest BCUT2D eigenvalue weighted by atomic mass is 10.1. The van der Waals surface area contributed by atoms with Crippen LogP contribution in [0.2, 0.25) is 0 Å². The van der Waals surface area contributed by atoms with E-state index < -0.39 is 0 Å². The quantitative estimate of drug-likeness (QED) is 0.584. The normalized spacial score (nSPS) is 11.2. The van der Waals surface area contributed by atoms with Crippen molar-refractivity contribution < 1.29 is 0 Å². The van der Waals surface area contributed by atoms with Crippen molar-refractivity contribution in [3.63, 3.8) is 0 Å². The fourth-order valence-corrected chi connectivity index (χ4v) is 3.75. The summed E-state index contributed by atoms with van der Waals surface area (Å²) in [4.78, 5) is 3.47. The molecular weight excluding hydrogens is 302 g/mol. The second-order valence-corrected chi connectivity index (χ2v) is 6.88. The van der Waals surface area contributed by atoms with Gasteiger partial charge in [0.15, 0.2) is 0 Å². The second kappa shape index (κ2) is 5.63. The average Bonchev–Trinajstić information content (AvgIpc) is 3.15. The minimum absolute atomic E-state index is 0.819. The standard InChI is InChI=1S/C19H17N3S/c1-12-8-9-17-16(10-12)15(13(2)20-17)11-18-21-22-19(23-18)14-6-4-3-5-7-14/h3-10,20H,11H2,1-2H3. The van der Waals surface area contributed by atoms with Crippen molar-refractivity contribution in [2.75, 3.05) is 0 Å². The lowest BCUT2D eigenvalue weighted by molar-refractivity contribution is 1.00. The first-order valence-corrected chi connectivity index (χ1v) is 8.48. The predicted octanol–water partition coefficient (Wildman–Crippen LogP) is 4.89. The van der Waals surface area contributed by atoms with Gasteiger partial charge < -0.3 is 4.98 Å². The van der Waals surface area contributed by atoms with E-state index in [0.717, 1.165) is 22.0 Å². The molecule has 0 atom stereocenters. The van der Waals surface area contributed by atoms with Crippen LogP contribution >= 0.6 is 11.3 Å². The van der Waals surface area contributed by atoms with E-state index in [-0.39, 0.29) is 0 Å². The van der Waals surface area contributed by atoms with Crippen LogP contribution in [0.25, 0.3) is 21.5 Å². The molecule has 0 aliphatic carbocycles. The van der Waals surface area contributed by atoms with Crippen molar-refractivity contribution >= 4 is 22.2 Å². The largest absolute Gasteiger partial charge is 0.358 e. The molecule has 0 amide bonds. The minimum Gasteiger partial charge on any atom is -0.358 e. The van der Waals surface area contributed by atoms with Crippen LogP contribution < -0.4 is 0 Å². The van der Waals surface area contributed by atoms with E-state index in [1.54, 1.807) is 11.3 Å². The number of aryl methyl sites for hydroxylation is 2. The number of aromatic amines is 1. The van der Waals surface area contributed by atoms with Crippen molar-refractivity contribution in [1.82, 2.24) is 15.2 Å². The van der Waals surface area contributed by atoms with E-state index >= 15 is 0 Å². The number of benzene rings is 2. The van der Waals surface area contributed by atoms with Crippen molar-refractivity contribution in [3.8, 4) is 10.6 Å². The highest BCUT2D eigenvalue weighted by atomic mass is 32.1. The molecule has 0 saturated carbocycles. The number of aromatic nitrogens is 3. The van der Waals surface area contributed by atoms with Gasteiger partial charge in [-0.25, -0.2) is 0 Å². The maximum atomic E-state index is 4.39. The highest BCUT2D eigenvalue weighted by molar-refractivity contribution is 7.14. The zero-order valence-corrected chi connectivity index (χ0v) is 13.9. The molecule has 0 saturated heterocycles. The summed E-state index contributed by atoms with van der Waals surface area (Å²) in [5.74, 6) is 0. The molecule has 4 heteroatoms. The lowest BCUT2D eigenvalue weighted by Gasteiger charge is -1.99. The van der Waals surface area contributed by atoms with Gasteiger partial charge >= 0.3 is 0 Å². The fourth-order valence-electron chi connectivity index (χ4n) is 2.90. The van der Waals surface area contributed by atoms with Gasteiger partial charge in [-0.1, -0.05) is 53.3 Å². The Balaban J connectivity index is 1.70. The van der Waals surface area contributed by atoms with Gasteiger partial charge in [-0.3, -0.25) is 0 Å². The fraction of sp³-hybridized carbons (Fsp3) is 0.158. The molecule has 0 aliphatic rings. The van der Waals surface area contributed by atoms with Crippen LogP contribution in [0.3, 0.4) is 0 Å². The van der Waals surface area contributed by atoms with Gasteiger partial charge in [-0.15, -0.1) is 10.2 Å². The van der Waals surface area contributed by atoms with Gasteiger partial charge in [0.05, 0.1) is 0 Å². The van der Waals surface area contributed by atoms with Crippen molar-refractivity contribution in [2.24, 2.45) is 0 Å². The van der Waals surface area contributed by atoms with E-state index in [0.29, 0.717) is 0 Å². The first-order chi connectivity index (χ1) is 11.2.